The van der Waals surface area contributed by atoms with Crippen molar-refractivity contribution in [3.05, 3.63) is 23.0 Å². The van der Waals surface area contributed by atoms with Gasteiger partial charge in [-0.15, -0.1) is 0 Å². The van der Waals surface area contributed by atoms with Crippen LogP contribution in [-0.2, 0) is 6.42 Å². The smallest absolute Gasteiger partial charge is 0.131 e. The maximum Gasteiger partial charge on any atom is 0.131 e. The van der Waals surface area contributed by atoms with Gasteiger partial charge in [-0.25, -0.2) is 4.98 Å². The lowest BCUT2D eigenvalue weighted by Crippen LogP contribution is -1.80. The first kappa shape index (κ1) is 5.86. The summed E-state index contributed by atoms with van der Waals surface area (Å²) in [5.74, 6) is 0. The number of aromatic nitrogens is 1. The molecule has 0 saturated carbocycles. The fourth-order valence-corrected chi connectivity index (χ4v) is 1.12. The summed E-state index contributed by atoms with van der Waals surface area (Å²) in [6.45, 7) is 0. The average Bonchev–Trinajstić information content (AvgIpc) is 2.33. The Kier molecular flexibility index (Phi) is 1.21. The second-order valence-electron chi connectivity index (χ2n) is 2.15. The van der Waals surface area contributed by atoms with Crippen molar-refractivity contribution in [1.29, 1.82) is 0 Å². The molecule has 2 rings (SSSR count). The zero-order valence-corrected chi connectivity index (χ0v) is 5.97. The monoisotopic (exact) mass is 152 g/mol. The van der Waals surface area contributed by atoms with Gasteiger partial charge in [-0.3, -0.25) is 4.99 Å². The molecule has 0 atom stereocenters. The van der Waals surface area contributed by atoms with Crippen LogP contribution in [0, 0.1) is 0 Å². The minimum atomic E-state index is 0.512. The Hall–Kier alpha value is -0.890. The highest BCUT2D eigenvalue weighted by molar-refractivity contribution is 6.29. The molecule has 0 aliphatic carbocycles. The van der Waals surface area contributed by atoms with Gasteiger partial charge in [-0.05, 0) is 0 Å². The standard InChI is InChI=1S/C7H5ClN2/c8-7-3-6-5(4-10-7)1-2-9-6/h2-4H,1H2. The van der Waals surface area contributed by atoms with Crippen LogP contribution in [0.1, 0.15) is 5.56 Å². The molecular weight excluding hydrogens is 148 g/mol. The number of hydrogen-bond donors (Lipinski definition) is 0. The lowest BCUT2D eigenvalue weighted by molar-refractivity contribution is 1.25. The Labute approximate surface area is 63.6 Å². The predicted molar refractivity (Wildman–Crippen MR) is 41.1 cm³/mol. The molecule has 2 nitrogen and oxygen atoms in total. The van der Waals surface area contributed by atoms with E-state index in [1.54, 1.807) is 12.3 Å². The van der Waals surface area contributed by atoms with Gasteiger partial charge in [0, 0.05) is 30.5 Å². The number of pyridine rings is 1. The number of rotatable bonds is 0. The zero-order chi connectivity index (χ0) is 6.97. The first-order chi connectivity index (χ1) is 4.86. The summed E-state index contributed by atoms with van der Waals surface area (Å²) in [6.07, 6.45) is 4.52. The van der Waals surface area contributed by atoms with Crippen molar-refractivity contribution in [3.8, 4) is 0 Å². The Bertz CT molecular complexity index is 294. The molecule has 1 aliphatic heterocycles. The van der Waals surface area contributed by atoms with Crippen molar-refractivity contribution in [3.63, 3.8) is 0 Å². The van der Waals surface area contributed by atoms with Crippen molar-refractivity contribution in [1.82, 2.24) is 4.98 Å². The molecule has 50 valence electrons. The quantitative estimate of drug-likeness (QED) is 0.522. The highest BCUT2D eigenvalue weighted by Crippen LogP contribution is 2.24. The van der Waals surface area contributed by atoms with Gasteiger partial charge in [0.05, 0.1) is 5.69 Å². The molecule has 0 amide bonds. The van der Waals surface area contributed by atoms with Crippen molar-refractivity contribution < 1.29 is 0 Å². The van der Waals surface area contributed by atoms with E-state index in [9.17, 15) is 0 Å². The number of nitrogens with zero attached hydrogens (tertiary/aromatic N) is 2. The number of aliphatic imine (C=N–C) groups is 1. The minimum Gasteiger partial charge on any atom is -0.260 e. The molecule has 1 aliphatic rings. The average molecular weight is 153 g/mol. The lowest BCUT2D eigenvalue weighted by Gasteiger charge is -1.94. The second kappa shape index (κ2) is 2.06. The summed E-state index contributed by atoms with van der Waals surface area (Å²) in [6, 6.07) is 1.78. The van der Waals surface area contributed by atoms with E-state index < -0.39 is 0 Å². The molecule has 0 unspecified atom stereocenters. The molecule has 0 saturated heterocycles. The summed E-state index contributed by atoms with van der Waals surface area (Å²) >= 11 is 5.64. The van der Waals surface area contributed by atoms with E-state index in [4.69, 9.17) is 11.6 Å². The van der Waals surface area contributed by atoms with Crippen molar-refractivity contribution >= 4 is 23.5 Å². The molecule has 3 heteroatoms. The second-order valence-corrected chi connectivity index (χ2v) is 2.54. The summed E-state index contributed by atoms with van der Waals surface area (Å²) in [4.78, 5) is 8.05. The zero-order valence-electron chi connectivity index (χ0n) is 5.21. The summed E-state index contributed by atoms with van der Waals surface area (Å²) in [5.41, 5.74) is 2.12. The van der Waals surface area contributed by atoms with Crippen LogP contribution in [0.2, 0.25) is 5.15 Å². The van der Waals surface area contributed by atoms with Gasteiger partial charge >= 0.3 is 0 Å². The Morgan fingerprint density at radius 2 is 2.40 bits per heavy atom. The first-order valence-electron chi connectivity index (χ1n) is 3.03. The van der Waals surface area contributed by atoms with Gasteiger partial charge in [0.15, 0.2) is 0 Å². The fourth-order valence-electron chi connectivity index (χ4n) is 0.968. The number of fused-ring (bicyclic) bond motifs is 1. The van der Waals surface area contributed by atoms with Gasteiger partial charge in [-0.2, -0.15) is 0 Å². The molecule has 0 fully saturated rings. The van der Waals surface area contributed by atoms with Crippen LogP contribution in [0.4, 0.5) is 5.69 Å². The van der Waals surface area contributed by atoms with Crippen LogP contribution < -0.4 is 0 Å². The molecule has 0 N–H and O–H groups in total. The van der Waals surface area contributed by atoms with E-state index in [0.717, 1.165) is 17.7 Å². The lowest BCUT2D eigenvalue weighted by atomic mass is 10.2. The van der Waals surface area contributed by atoms with E-state index in [0.29, 0.717) is 5.15 Å². The summed E-state index contributed by atoms with van der Waals surface area (Å²) in [5, 5.41) is 0.512. The van der Waals surface area contributed by atoms with Crippen LogP contribution in [0.25, 0.3) is 0 Å². The molecule has 0 aromatic carbocycles. The van der Waals surface area contributed by atoms with Crippen molar-refractivity contribution in [2.45, 2.75) is 6.42 Å². The molecule has 1 aromatic rings. The first-order valence-corrected chi connectivity index (χ1v) is 3.41. The van der Waals surface area contributed by atoms with E-state index in [2.05, 4.69) is 9.98 Å². The SMILES string of the molecule is Clc1cc2c(cn1)CC=N2. The minimum absolute atomic E-state index is 0.512. The number of halogens is 1. The fraction of sp³-hybridized carbons (Fsp3) is 0.143. The molecule has 1 aromatic heterocycles. The van der Waals surface area contributed by atoms with Crippen molar-refractivity contribution in [2.75, 3.05) is 0 Å². The molecule has 0 bridgehead atoms. The topological polar surface area (TPSA) is 25.2 Å². The Morgan fingerprint density at radius 3 is 3.30 bits per heavy atom. The third-order valence-corrected chi connectivity index (χ3v) is 1.68. The van der Waals surface area contributed by atoms with Crippen LogP contribution in [0.5, 0.6) is 0 Å². The summed E-state index contributed by atoms with van der Waals surface area (Å²) in [7, 11) is 0. The predicted octanol–water partition coefficient (Wildman–Crippen LogP) is 1.99. The summed E-state index contributed by atoms with van der Waals surface area (Å²) < 4.78 is 0. The molecule has 0 radical (unpaired) electrons. The molecule has 10 heavy (non-hydrogen) atoms. The van der Waals surface area contributed by atoms with Crippen LogP contribution in [-0.4, -0.2) is 11.2 Å². The Balaban J connectivity index is 2.60. The van der Waals surface area contributed by atoms with Gasteiger partial charge < -0.3 is 0 Å². The Morgan fingerprint density at radius 1 is 1.50 bits per heavy atom. The van der Waals surface area contributed by atoms with Gasteiger partial charge in [0.2, 0.25) is 0 Å². The maximum absolute atomic E-state index is 5.64. The molecular formula is C7H5ClN2. The van der Waals surface area contributed by atoms with Crippen LogP contribution in [0.15, 0.2) is 17.3 Å². The number of hydrogen-bond acceptors (Lipinski definition) is 2. The van der Waals surface area contributed by atoms with E-state index in [-0.39, 0.29) is 0 Å². The van der Waals surface area contributed by atoms with Gasteiger partial charge in [-0.1, -0.05) is 11.6 Å². The van der Waals surface area contributed by atoms with E-state index >= 15 is 0 Å². The third kappa shape index (κ3) is 0.809. The normalized spacial score (nSPS) is 13.7. The maximum atomic E-state index is 5.64. The van der Waals surface area contributed by atoms with Gasteiger partial charge in [0.1, 0.15) is 5.15 Å². The van der Waals surface area contributed by atoms with Crippen LogP contribution in [0.3, 0.4) is 0 Å². The van der Waals surface area contributed by atoms with Gasteiger partial charge in [0.25, 0.3) is 0 Å². The molecule has 2 heterocycles. The largest absolute Gasteiger partial charge is 0.260 e. The van der Waals surface area contributed by atoms with E-state index in [1.807, 2.05) is 6.21 Å². The third-order valence-electron chi connectivity index (χ3n) is 1.47. The highest BCUT2D eigenvalue weighted by Gasteiger charge is 2.05. The van der Waals surface area contributed by atoms with Crippen LogP contribution >= 0.6 is 11.6 Å². The molecule has 0 spiro atoms. The van der Waals surface area contributed by atoms with E-state index in [1.165, 1.54) is 0 Å². The van der Waals surface area contributed by atoms with Crippen molar-refractivity contribution in [2.24, 2.45) is 4.99 Å². The highest BCUT2D eigenvalue weighted by atomic mass is 35.5.